The third-order valence-corrected chi connectivity index (χ3v) is 3.25. The molecule has 1 saturated heterocycles. The maximum absolute atomic E-state index is 11.7. The summed E-state index contributed by atoms with van der Waals surface area (Å²) in [7, 11) is 0. The summed E-state index contributed by atoms with van der Waals surface area (Å²) in [6.07, 6.45) is 0. The summed E-state index contributed by atoms with van der Waals surface area (Å²) in [6, 6.07) is 0. The quantitative estimate of drug-likeness (QED) is 0.661. The number of amides is 1. The molecule has 0 saturated carbocycles. The highest BCUT2D eigenvalue weighted by atomic mass is 35.5. The van der Waals surface area contributed by atoms with Crippen LogP contribution in [0.3, 0.4) is 0 Å². The van der Waals surface area contributed by atoms with E-state index in [1.165, 1.54) is 0 Å². The van der Waals surface area contributed by atoms with Crippen LogP contribution in [0.2, 0.25) is 0 Å². The summed E-state index contributed by atoms with van der Waals surface area (Å²) in [5.74, 6) is 0.591. The monoisotopic (exact) mass is 218 g/mol. The summed E-state index contributed by atoms with van der Waals surface area (Å²) in [5.41, 5.74) is 0. The lowest BCUT2D eigenvalue weighted by atomic mass is 10.1. The molecule has 1 aliphatic heterocycles. The molecule has 0 radical (unpaired) electrons. The van der Waals surface area contributed by atoms with Crippen molar-refractivity contribution in [1.82, 2.24) is 9.80 Å². The van der Waals surface area contributed by atoms with Crippen molar-refractivity contribution in [3.05, 3.63) is 0 Å². The fraction of sp³-hybridized carbons (Fsp3) is 0.900. The number of halogens is 1. The van der Waals surface area contributed by atoms with Crippen LogP contribution in [0.1, 0.15) is 13.8 Å². The average molecular weight is 219 g/mol. The molecule has 0 bridgehead atoms. The molecule has 1 atom stereocenters. The highest BCUT2D eigenvalue weighted by molar-refractivity contribution is 6.19. The Bertz CT molecular complexity index is 191. The molecule has 82 valence electrons. The fourth-order valence-corrected chi connectivity index (χ4v) is 1.79. The second-order valence-electron chi connectivity index (χ2n) is 3.81. The molecule has 1 heterocycles. The topological polar surface area (TPSA) is 23.6 Å². The maximum Gasteiger partial charge on any atom is 0.226 e. The molecule has 0 aromatic carbocycles. The van der Waals surface area contributed by atoms with Gasteiger partial charge in [0.1, 0.15) is 0 Å². The van der Waals surface area contributed by atoms with Gasteiger partial charge in [0.25, 0.3) is 0 Å². The number of likely N-dealkylation sites (N-methyl/N-ethyl adjacent to an activating group) is 1. The van der Waals surface area contributed by atoms with Crippen molar-refractivity contribution >= 4 is 17.5 Å². The van der Waals surface area contributed by atoms with Gasteiger partial charge in [-0.2, -0.15) is 0 Å². The molecule has 0 aliphatic carbocycles. The molecular weight excluding hydrogens is 200 g/mol. The van der Waals surface area contributed by atoms with E-state index in [0.29, 0.717) is 5.88 Å². The van der Waals surface area contributed by atoms with Crippen molar-refractivity contribution in [2.45, 2.75) is 13.8 Å². The van der Waals surface area contributed by atoms with Gasteiger partial charge < -0.3 is 9.80 Å². The van der Waals surface area contributed by atoms with Crippen LogP contribution in [0, 0.1) is 5.92 Å². The minimum atomic E-state index is -0.0372. The maximum atomic E-state index is 11.7. The van der Waals surface area contributed by atoms with Crippen molar-refractivity contribution < 1.29 is 4.79 Å². The predicted molar refractivity (Wildman–Crippen MR) is 58.6 cm³/mol. The van der Waals surface area contributed by atoms with E-state index < -0.39 is 0 Å². The van der Waals surface area contributed by atoms with Gasteiger partial charge in [-0.15, -0.1) is 11.6 Å². The second-order valence-corrected chi connectivity index (χ2v) is 4.12. The number of alkyl halides is 1. The van der Waals surface area contributed by atoms with Crippen LogP contribution in [-0.4, -0.2) is 54.3 Å². The fourth-order valence-electron chi connectivity index (χ4n) is 1.66. The minimum absolute atomic E-state index is 0.0372. The van der Waals surface area contributed by atoms with E-state index in [-0.39, 0.29) is 11.8 Å². The molecule has 0 spiro atoms. The van der Waals surface area contributed by atoms with Gasteiger partial charge in [-0.25, -0.2) is 0 Å². The number of carbonyl (C=O) groups excluding carboxylic acids is 1. The molecule has 0 aromatic heterocycles. The van der Waals surface area contributed by atoms with Gasteiger partial charge >= 0.3 is 0 Å². The van der Waals surface area contributed by atoms with Crippen molar-refractivity contribution in [2.75, 3.05) is 38.6 Å². The Hall–Kier alpha value is -0.280. The van der Waals surface area contributed by atoms with Crippen LogP contribution in [-0.2, 0) is 4.79 Å². The van der Waals surface area contributed by atoms with Crippen LogP contribution >= 0.6 is 11.6 Å². The summed E-state index contributed by atoms with van der Waals surface area (Å²) in [4.78, 5) is 16.0. The molecule has 3 nitrogen and oxygen atoms in total. The van der Waals surface area contributed by atoms with Gasteiger partial charge in [0.2, 0.25) is 5.91 Å². The van der Waals surface area contributed by atoms with Gasteiger partial charge in [0, 0.05) is 38.0 Å². The summed E-state index contributed by atoms with van der Waals surface area (Å²) in [6.45, 7) is 8.82. The van der Waals surface area contributed by atoms with Crippen molar-refractivity contribution in [3.8, 4) is 0 Å². The molecule has 1 fully saturated rings. The number of carbonyl (C=O) groups is 1. The SMILES string of the molecule is CCN1CCN(C(=O)C(C)CCl)CC1. The molecule has 14 heavy (non-hydrogen) atoms. The van der Waals surface area contributed by atoms with E-state index in [2.05, 4.69) is 11.8 Å². The zero-order valence-electron chi connectivity index (χ0n) is 9.00. The first-order chi connectivity index (χ1) is 6.69. The first-order valence-electron chi connectivity index (χ1n) is 5.26. The lowest BCUT2D eigenvalue weighted by Gasteiger charge is -2.35. The van der Waals surface area contributed by atoms with Gasteiger partial charge in [-0.3, -0.25) is 4.79 Å². The number of piperazine rings is 1. The Kier molecular flexibility index (Phi) is 4.69. The minimum Gasteiger partial charge on any atom is -0.340 e. The Morgan fingerprint density at radius 2 is 1.93 bits per heavy atom. The Labute approximate surface area is 91.0 Å². The first-order valence-corrected chi connectivity index (χ1v) is 5.79. The molecule has 0 aromatic rings. The van der Waals surface area contributed by atoms with E-state index in [0.717, 1.165) is 32.7 Å². The molecule has 1 aliphatic rings. The van der Waals surface area contributed by atoms with E-state index >= 15 is 0 Å². The highest BCUT2D eigenvalue weighted by Crippen LogP contribution is 2.08. The summed E-state index contributed by atoms with van der Waals surface area (Å²) >= 11 is 5.66. The van der Waals surface area contributed by atoms with Crippen molar-refractivity contribution in [2.24, 2.45) is 5.92 Å². The van der Waals surface area contributed by atoms with E-state index in [4.69, 9.17) is 11.6 Å². The van der Waals surface area contributed by atoms with E-state index in [1.54, 1.807) is 0 Å². The summed E-state index contributed by atoms with van der Waals surface area (Å²) in [5, 5.41) is 0. The molecule has 1 rings (SSSR count). The predicted octanol–water partition coefficient (Wildman–Crippen LogP) is 1.03. The highest BCUT2D eigenvalue weighted by Gasteiger charge is 2.23. The Morgan fingerprint density at radius 1 is 1.36 bits per heavy atom. The Morgan fingerprint density at radius 3 is 2.36 bits per heavy atom. The largest absolute Gasteiger partial charge is 0.340 e. The number of rotatable bonds is 3. The van der Waals surface area contributed by atoms with Crippen LogP contribution in [0.15, 0.2) is 0 Å². The lowest BCUT2D eigenvalue weighted by molar-refractivity contribution is -0.136. The van der Waals surface area contributed by atoms with Gasteiger partial charge in [0.15, 0.2) is 0 Å². The lowest BCUT2D eigenvalue weighted by Crippen LogP contribution is -2.50. The molecule has 1 amide bonds. The molecule has 1 unspecified atom stereocenters. The van der Waals surface area contributed by atoms with Gasteiger partial charge in [0.05, 0.1) is 0 Å². The molecular formula is C10H19ClN2O. The summed E-state index contributed by atoms with van der Waals surface area (Å²) < 4.78 is 0. The van der Waals surface area contributed by atoms with Gasteiger partial charge in [-0.1, -0.05) is 13.8 Å². The van der Waals surface area contributed by atoms with Crippen molar-refractivity contribution in [1.29, 1.82) is 0 Å². The van der Waals surface area contributed by atoms with E-state index in [9.17, 15) is 4.79 Å². The number of hydrogen-bond donors (Lipinski definition) is 0. The third kappa shape index (κ3) is 2.85. The van der Waals surface area contributed by atoms with E-state index in [1.807, 2.05) is 11.8 Å². The zero-order valence-corrected chi connectivity index (χ0v) is 9.76. The van der Waals surface area contributed by atoms with Crippen molar-refractivity contribution in [3.63, 3.8) is 0 Å². The first kappa shape index (κ1) is 11.8. The average Bonchev–Trinajstić information content (AvgIpc) is 2.27. The molecule has 0 N–H and O–H groups in total. The second kappa shape index (κ2) is 5.56. The smallest absolute Gasteiger partial charge is 0.226 e. The number of hydrogen-bond acceptors (Lipinski definition) is 2. The van der Waals surface area contributed by atoms with Crippen LogP contribution < -0.4 is 0 Å². The Balaban J connectivity index is 2.37. The molecule has 4 heteroatoms. The third-order valence-electron chi connectivity index (χ3n) is 2.78. The van der Waals surface area contributed by atoms with Crippen LogP contribution in [0.25, 0.3) is 0 Å². The normalized spacial score (nSPS) is 20.9. The zero-order chi connectivity index (χ0) is 10.6. The van der Waals surface area contributed by atoms with Crippen LogP contribution in [0.5, 0.6) is 0 Å². The van der Waals surface area contributed by atoms with Gasteiger partial charge in [-0.05, 0) is 6.54 Å². The van der Waals surface area contributed by atoms with Crippen LogP contribution in [0.4, 0.5) is 0 Å². The standard InChI is InChI=1S/C10H19ClN2O/c1-3-12-4-6-13(7-5-12)10(14)9(2)8-11/h9H,3-8H2,1-2H3. The number of nitrogens with zero attached hydrogens (tertiary/aromatic N) is 2.